The summed E-state index contributed by atoms with van der Waals surface area (Å²) in [4.78, 5) is 3.83. The van der Waals surface area contributed by atoms with Crippen LogP contribution in [0.1, 0.15) is 44.5 Å². The molecule has 0 saturated heterocycles. The Kier molecular flexibility index (Phi) is 7.19. The molecule has 4 nitrogen and oxygen atoms in total. The fourth-order valence-corrected chi connectivity index (χ4v) is 9.30. The van der Waals surface area contributed by atoms with Crippen molar-refractivity contribution in [1.82, 2.24) is 9.13 Å². The Balaban J connectivity index is 1.09. The molecule has 2 aromatic carbocycles. The molecule has 0 spiro atoms. The first kappa shape index (κ1) is 27.5. The molecule has 3 aliphatic rings. The third-order valence-corrected chi connectivity index (χ3v) is 11.4. The fourth-order valence-electron chi connectivity index (χ4n) is 6.93. The SMILES string of the molecule is CCN1/C(=C/C2=CC3=C/C(=C/c4sc5ccc(-n6cccc6)cc5[n+]4CC)CCC3CC2)Sc2ccc(-n3cccc3)cc21. The van der Waals surface area contributed by atoms with E-state index in [0.29, 0.717) is 5.92 Å². The van der Waals surface area contributed by atoms with E-state index in [9.17, 15) is 0 Å². The molecule has 220 valence electrons. The summed E-state index contributed by atoms with van der Waals surface area (Å²) in [6, 6.07) is 22.0. The van der Waals surface area contributed by atoms with E-state index in [4.69, 9.17) is 0 Å². The number of allylic oxidation sites excluding steroid dienone is 6. The zero-order chi connectivity index (χ0) is 29.6. The van der Waals surface area contributed by atoms with Crippen molar-refractivity contribution in [2.75, 3.05) is 11.4 Å². The summed E-state index contributed by atoms with van der Waals surface area (Å²) in [5.74, 6) is 0.680. The highest BCUT2D eigenvalue weighted by Gasteiger charge is 2.28. The van der Waals surface area contributed by atoms with Gasteiger partial charge >= 0.3 is 0 Å². The average Bonchev–Trinajstić information content (AvgIpc) is 3.86. The summed E-state index contributed by atoms with van der Waals surface area (Å²) < 4.78 is 8.20. The van der Waals surface area contributed by atoms with Gasteiger partial charge in [0, 0.05) is 54.1 Å². The summed E-state index contributed by atoms with van der Waals surface area (Å²) in [5.41, 5.74) is 9.49. The molecule has 0 amide bonds. The molecule has 0 bridgehead atoms. The van der Waals surface area contributed by atoms with Gasteiger partial charge in [-0.25, -0.2) is 0 Å². The molecule has 6 heteroatoms. The zero-order valence-corrected chi connectivity index (χ0v) is 27.0. The molecule has 0 radical (unpaired) electrons. The van der Waals surface area contributed by atoms with E-state index in [0.717, 1.165) is 25.9 Å². The third-order valence-electron chi connectivity index (χ3n) is 9.22. The van der Waals surface area contributed by atoms with Gasteiger partial charge in [-0.05, 0) is 123 Å². The van der Waals surface area contributed by atoms with Gasteiger partial charge in [-0.15, -0.1) is 0 Å². The van der Waals surface area contributed by atoms with Crippen LogP contribution in [-0.2, 0) is 6.54 Å². The van der Waals surface area contributed by atoms with E-state index in [1.54, 1.807) is 0 Å². The largest absolute Gasteiger partial charge is 0.335 e. The first-order valence-corrected chi connectivity index (χ1v) is 17.5. The molecule has 0 fully saturated rings. The predicted molar refractivity (Wildman–Crippen MR) is 186 cm³/mol. The molecule has 0 N–H and O–H groups in total. The van der Waals surface area contributed by atoms with E-state index in [-0.39, 0.29) is 0 Å². The lowest BCUT2D eigenvalue weighted by molar-refractivity contribution is -0.665. The second-order valence-corrected chi connectivity index (χ2v) is 14.0. The van der Waals surface area contributed by atoms with E-state index >= 15 is 0 Å². The standard InChI is InChI=1S/C38H37N4S2/c1-3-41-33-25-31(39-17-5-6-18-39)13-15-35(33)43-37(41)23-27-9-11-29-12-10-28(22-30(29)21-27)24-38-42(4-2)34-26-32(14-16-36(34)44-38)40-19-7-8-20-40/h5-8,13-26,29H,3-4,9-12H2,1-2H3/q+1. The Morgan fingerprint density at radius 2 is 1.57 bits per heavy atom. The second kappa shape index (κ2) is 11.5. The number of hydrogen-bond acceptors (Lipinski definition) is 3. The van der Waals surface area contributed by atoms with Crippen molar-refractivity contribution >= 4 is 45.1 Å². The Bertz CT molecular complexity index is 1970. The monoisotopic (exact) mass is 613 g/mol. The minimum atomic E-state index is 0.680. The summed E-state index contributed by atoms with van der Waals surface area (Å²) >= 11 is 3.82. The van der Waals surface area contributed by atoms with Crippen LogP contribution in [-0.4, -0.2) is 15.7 Å². The minimum absolute atomic E-state index is 0.680. The van der Waals surface area contributed by atoms with Gasteiger partial charge < -0.3 is 14.0 Å². The lowest BCUT2D eigenvalue weighted by Gasteiger charge is -2.28. The van der Waals surface area contributed by atoms with Gasteiger partial charge in [0.15, 0.2) is 0 Å². The van der Waals surface area contributed by atoms with Crippen molar-refractivity contribution in [3.8, 4) is 11.4 Å². The molecule has 1 unspecified atom stereocenters. The predicted octanol–water partition coefficient (Wildman–Crippen LogP) is 9.70. The van der Waals surface area contributed by atoms with Crippen molar-refractivity contribution in [2.24, 2.45) is 5.92 Å². The highest BCUT2D eigenvalue weighted by Crippen LogP contribution is 2.48. The van der Waals surface area contributed by atoms with Gasteiger partial charge in [-0.2, -0.15) is 4.57 Å². The van der Waals surface area contributed by atoms with Crippen LogP contribution in [0.15, 0.2) is 130 Å². The van der Waals surface area contributed by atoms with E-state index in [1.165, 1.54) is 71.8 Å². The smallest absolute Gasteiger partial charge is 0.263 e. The van der Waals surface area contributed by atoms with Gasteiger partial charge in [-0.1, -0.05) is 35.3 Å². The topological polar surface area (TPSA) is 17.0 Å². The number of rotatable bonds is 6. The number of thioether (sulfide) groups is 1. The Hall–Kier alpha value is -4.00. The number of anilines is 1. The Morgan fingerprint density at radius 1 is 0.841 bits per heavy atom. The molecule has 44 heavy (non-hydrogen) atoms. The molecule has 1 aliphatic heterocycles. The molecule has 5 aromatic rings. The molecule has 8 rings (SSSR count). The zero-order valence-electron chi connectivity index (χ0n) is 25.3. The summed E-state index contributed by atoms with van der Waals surface area (Å²) in [5, 5.41) is 2.69. The number of benzene rings is 2. The van der Waals surface area contributed by atoms with Crippen LogP contribution in [0.25, 0.3) is 27.7 Å². The molecule has 0 saturated carbocycles. The number of thiazole rings is 1. The second-order valence-electron chi connectivity index (χ2n) is 11.9. The van der Waals surface area contributed by atoms with Crippen LogP contribution in [0.4, 0.5) is 5.69 Å². The van der Waals surface area contributed by atoms with Crippen LogP contribution in [0.5, 0.6) is 0 Å². The first-order valence-electron chi connectivity index (χ1n) is 15.8. The first-order chi connectivity index (χ1) is 21.7. The molecule has 2 aliphatic carbocycles. The van der Waals surface area contributed by atoms with Crippen molar-refractivity contribution in [3.63, 3.8) is 0 Å². The maximum Gasteiger partial charge on any atom is 0.263 e. The number of fused-ring (bicyclic) bond motifs is 3. The van der Waals surface area contributed by atoms with E-state index in [1.807, 2.05) is 23.1 Å². The van der Waals surface area contributed by atoms with Crippen molar-refractivity contribution in [3.05, 3.63) is 130 Å². The minimum Gasteiger partial charge on any atom is -0.335 e. The highest BCUT2D eigenvalue weighted by molar-refractivity contribution is 8.03. The maximum atomic E-state index is 2.50. The highest BCUT2D eigenvalue weighted by atomic mass is 32.2. The Morgan fingerprint density at radius 3 is 2.32 bits per heavy atom. The van der Waals surface area contributed by atoms with Crippen molar-refractivity contribution in [1.29, 1.82) is 0 Å². The van der Waals surface area contributed by atoms with E-state index in [2.05, 4.69) is 142 Å². The van der Waals surface area contributed by atoms with Crippen LogP contribution in [0.3, 0.4) is 0 Å². The average molecular weight is 614 g/mol. The van der Waals surface area contributed by atoms with Crippen LogP contribution in [0, 0.1) is 5.92 Å². The van der Waals surface area contributed by atoms with Crippen LogP contribution in [0.2, 0.25) is 0 Å². The number of aromatic nitrogens is 3. The van der Waals surface area contributed by atoms with Crippen molar-refractivity contribution in [2.45, 2.75) is 51.0 Å². The fraction of sp³-hybridized carbons (Fsp3) is 0.237. The normalized spacial score (nSPS) is 19.9. The lowest BCUT2D eigenvalue weighted by atomic mass is 9.77. The number of nitrogens with zero attached hydrogens (tertiary/aromatic N) is 4. The lowest BCUT2D eigenvalue weighted by Crippen LogP contribution is -2.33. The summed E-state index contributed by atoms with van der Waals surface area (Å²) in [7, 11) is 0. The number of hydrogen-bond donors (Lipinski definition) is 0. The van der Waals surface area contributed by atoms with Crippen LogP contribution < -0.4 is 9.47 Å². The Labute approximate surface area is 268 Å². The van der Waals surface area contributed by atoms with E-state index < -0.39 is 0 Å². The van der Waals surface area contributed by atoms with Crippen LogP contribution >= 0.6 is 23.1 Å². The third kappa shape index (κ3) is 5.00. The summed E-state index contributed by atoms with van der Waals surface area (Å²) in [6.45, 7) is 6.45. The van der Waals surface area contributed by atoms with Gasteiger partial charge in [0.05, 0.1) is 16.4 Å². The van der Waals surface area contributed by atoms with Gasteiger partial charge in [0.1, 0.15) is 11.2 Å². The summed E-state index contributed by atoms with van der Waals surface area (Å²) in [6.07, 6.45) is 23.2. The molecule has 3 aromatic heterocycles. The quantitative estimate of drug-likeness (QED) is 0.177. The van der Waals surface area contributed by atoms with Gasteiger partial charge in [0.25, 0.3) is 5.01 Å². The molecular formula is C38H37N4S2+. The van der Waals surface area contributed by atoms with Gasteiger partial charge in [0.2, 0.25) is 5.52 Å². The number of aryl methyl sites for hydroxylation is 1. The molecule has 4 heterocycles. The molecule has 1 atom stereocenters. The molecular weight excluding hydrogens is 577 g/mol. The maximum absolute atomic E-state index is 2.50. The van der Waals surface area contributed by atoms with Gasteiger partial charge in [-0.3, -0.25) is 0 Å². The van der Waals surface area contributed by atoms with Crippen molar-refractivity contribution < 1.29 is 4.57 Å².